The Morgan fingerprint density at radius 2 is 2.00 bits per heavy atom. The van der Waals surface area contributed by atoms with Gasteiger partial charge in [-0.2, -0.15) is 0 Å². The number of benzene rings is 1. The SMILES string of the molecule is Nc1nc2ccc(O)cc2n1C1CCCCC1. The number of anilines is 1. The normalized spacial score (nSPS) is 17.6. The van der Waals surface area contributed by atoms with E-state index in [1.54, 1.807) is 12.1 Å². The zero-order valence-electron chi connectivity index (χ0n) is 9.76. The lowest BCUT2D eigenvalue weighted by Gasteiger charge is -2.24. The number of fused-ring (bicyclic) bond motifs is 1. The average molecular weight is 231 g/mol. The van der Waals surface area contributed by atoms with Crippen LogP contribution < -0.4 is 5.73 Å². The van der Waals surface area contributed by atoms with Gasteiger partial charge in [-0.1, -0.05) is 19.3 Å². The highest BCUT2D eigenvalue weighted by molar-refractivity contribution is 5.80. The van der Waals surface area contributed by atoms with E-state index in [2.05, 4.69) is 9.55 Å². The molecule has 4 nitrogen and oxygen atoms in total. The van der Waals surface area contributed by atoms with Gasteiger partial charge in [-0.15, -0.1) is 0 Å². The van der Waals surface area contributed by atoms with E-state index < -0.39 is 0 Å². The number of nitrogens with two attached hydrogens (primary N) is 1. The van der Waals surface area contributed by atoms with Crippen LogP contribution in [0.1, 0.15) is 38.1 Å². The van der Waals surface area contributed by atoms with Crippen molar-refractivity contribution in [2.75, 3.05) is 5.73 Å². The number of imidazole rings is 1. The molecule has 0 saturated heterocycles. The van der Waals surface area contributed by atoms with Gasteiger partial charge in [0.25, 0.3) is 0 Å². The molecule has 0 aliphatic heterocycles. The molecular weight excluding hydrogens is 214 g/mol. The molecule has 0 bridgehead atoms. The van der Waals surface area contributed by atoms with Gasteiger partial charge in [0.05, 0.1) is 11.0 Å². The van der Waals surface area contributed by atoms with Gasteiger partial charge in [-0.3, -0.25) is 0 Å². The van der Waals surface area contributed by atoms with E-state index in [1.807, 2.05) is 6.07 Å². The van der Waals surface area contributed by atoms with Gasteiger partial charge < -0.3 is 15.4 Å². The first kappa shape index (κ1) is 10.4. The van der Waals surface area contributed by atoms with Crippen LogP contribution in [0.4, 0.5) is 5.95 Å². The zero-order valence-corrected chi connectivity index (χ0v) is 9.76. The van der Waals surface area contributed by atoms with Gasteiger partial charge in [-0.25, -0.2) is 4.98 Å². The predicted molar refractivity (Wildman–Crippen MR) is 67.9 cm³/mol. The fourth-order valence-corrected chi connectivity index (χ4v) is 2.82. The van der Waals surface area contributed by atoms with Crippen molar-refractivity contribution in [3.63, 3.8) is 0 Å². The predicted octanol–water partition coefficient (Wildman–Crippen LogP) is 2.83. The number of phenols is 1. The van der Waals surface area contributed by atoms with Crippen LogP contribution in [0.25, 0.3) is 11.0 Å². The number of hydrogen-bond donors (Lipinski definition) is 2. The quantitative estimate of drug-likeness (QED) is 0.793. The second kappa shape index (κ2) is 3.95. The maximum atomic E-state index is 9.58. The Bertz CT molecular complexity index is 541. The van der Waals surface area contributed by atoms with Gasteiger partial charge >= 0.3 is 0 Å². The van der Waals surface area contributed by atoms with E-state index in [4.69, 9.17) is 5.73 Å². The Labute approximate surface area is 100 Å². The first-order valence-electron chi connectivity index (χ1n) is 6.22. The number of nitrogens with zero attached hydrogens (tertiary/aromatic N) is 2. The minimum Gasteiger partial charge on any atom is -0.508 e. The minimum absolute atomic E-state index is 0.273. The highest BCUT2D eigenvalue weighted by Crippen LogP contribution is 2.34. The van der Waals surface area contributed by atoms with E-state index in [1.165, 1.54) is 19.3 Å². The summed E-state index contributed by atoms with van der Waals surface area (Å²) in [5, 5.41) is 9.58. The van der Waals surface area contributed by atoms with E-state index >= 15 is 0 Å². The van der Waals surface area contributed by atoms with Crippen molar-refractivity contribution >= 4 is 17.0 Å². The van der Waals surface area contributed by atoms with Crippen LogP contribution in [0.15, 0.2) is 18.2 Å². The summed E-state index contributed by atoms with van der Waals surface area (Å²) in [6.45, 7) is 0. The fraction of sp³-hybridized carbons (Fsp3) is 0.462. The summed E-state index contributed by atoms with van der Waals surface area (Å²) in [6, 6.07) is 5.67. The number of hydrogen-bond acceptors (Lipinski definition) is 3. The number of nitrogen functional groups attached to an aromatic ring is 1. The maximum Gasteiger partial charge on any atom is 0.201 e. The molecule has 0 atom stereocenters. The lowest BCUT2D eigenvalue weighted by Crippen LogP contribution is -2.14. The van der Waals surface area contributed by atoms with Crippen LogP contribution >= 0.6 is 0 Å². The topological polar surface area (TPSA) is 64.1 Å². The van der Waals surface area contributed by atoms with E-state index in [9.17, 15) is 5.11 Å². The fourth-order valence-electron chi connectivity index (χ4n) is 2.82. The van der Waals surface area contributed by atoms with Crippen LogP contribution in [0, 0.1) is 0 Å². The summed E-state index contributed by atoms with van der Waals surface area (Å²) in [7, 11) is 0. The first-order chi connectivity index (χ1) is 8.25. The zero-order chi connectivity index (χ0) is 11.8. The molecular formula is C13H17N3O. The molecule has 0 unspecified atom stereocenters. The summed E-state index contributed by atoms with van der Waals surface area (Å²) < 4.78 is 2.09. The molecule has 4 heteroatoms. The molecule has 1 saturated carbocycles. The Balaban J connectivity index is 2.13. The van der Waals surface area contributed by atoms with Crippen molar-refractivity contribution < 1.29 is 5.11 Å². The highest BCUT2D eigenvalue weighted by Gasteiger charge is 2.20. The van der Waals surface area contributed by atoms with E-state index in [0.29, 0.717) is 12.0 Å². The number of aromatic hydroxyl groups is 1. The van der Waals surface area contributed by atoms with Crippen LogP contribution in [0.5, 0.6) is 5.75 Å². The van der Waals surface area contributed by atoms with E-state index in [0.717, 1.165) is 23.9 Å². The Morgan fingerprint density at radius 3 is 2.76 bits per heavy atom. The largest absolute Gasteiger partial charge is 0.508 e. The molecule has 1 aromatic heterocycles. The van der Waals surface area contributed by atoms with Crippen LogP contribution in [-0.4, -0.2) is 14.7 Å². The van der Waals surface area contributed by atoms with Crippen molar-refractivity contribution in [2.45, 2.75) is 38.1 Å². The van der Waals surface area contributed by atoms with Gasteiger partial charge in [0.15, 0.2) is 0 Å². The molecule has 1 aromatic carbocycles. The first-order valence-corrected chi connectivity index (χ1v) is 6.22. The summed E-state index contributed by atoms with van der Waals surface area (Å²) >= 11 is 0. The van der Waals surface area contributed by atoms with Gasteiger partial charge in [0.1, 0.15) is 5.75 Å². The molecule has 1 aliphatic carbocycles. The second-order valence-electron chi connectivity index (χ2n) is 4.80. The molecule has 2 aromatic rings. The molecule has 1 fully saturated rings. The third kappa shape index (κ3) is 1.73. The summed E-state index contributed by atoms with van der Waals surface area (Å²) in [6.07, 6.45) is 6.14. The minimum atomic E-state index is 0.273. The molecule has 0 amide bonds. The number of rotatable bonds is 1. The van der Waals surface area contributed by atoms with Gasteiger partial charge in [0, 0.05) is 12.1 Å². The molecule has 1 aliphatic rings. The standard InChI is InChI=1S/C13H17N3O/c14-13-15-11-7-6-10(17)8-12(11)16(13)9-4-2-1-3-5-9/h6-9,17H,1-5H2,(H2,14,15). The summed E-state index contributed by atoms with van der Waals surface area (Å²) in [4.78, 5) is 4.36. The molecule has 3 N–H and O–H groups in total. The number of phenolic OH excluding ortho intramolecular Hbond substituents is 1. The third-order valence-electron chi connectivity index (χ3n) is 3.64. The lowest BCUT2D eigenvalue weighted by atomic mass is 9.95. The van der Waals surface area contributed by atoms with Crippen LogP contribution in [0.3, 0.4) is 0 Å². The van der Waals surface area contributed by atoms with E-state index in [-0.39, 0.29) is 5.75 Å². The lowest BCUT2D eigenvalue weighted by molar-refractivity contribution is 0.363. The van der Waals surface area contributed by atoms with Crippen molar-refractivity contribution in [2.24, 2.45) is 0 Å². The third-order valence-corrected chi connectivity index (χ3v) is 3.64. The number of aromatic nitrogens is 2. The van der Waals surface area contributed by atoms with Crippen molar-refractivity contribution in [3.05, 3.63) is 18.2 Å². The highest BCUT2D eigenvalue weighted by atomic mass is 16.3. The van der Waals surface area contributed by atoms with Crippen LogP contribution in [-0.2, 0) is 0 Å². The molecule has 3 rings (SSSR count). The maximum absolute atomic E-state index is 9.58. The molecule has 0 radical (unpaired) electrons. The van der Waals surface area contributed by atoms with Crippen molar-refractivity contribution in [1.29, 1.82) is 0 Å². The monoisotopic (exact) mass is 231 g/mol. The Hall–Kier alpha value is -1.71. The second-order valence-corrected chi connectivity index (χ2v) is 4.80. The van der Waals surface area contributed by atoms with Gasteiger partial charge in [-0.05, 0) is 25.0 Å². The molecule has 1 heterocycles. The molecule has 17 heavy (non-hydrogen) atoms. The molecule has 0 spiro atoms. The smallest absolute Gasteiger partial charge is 0.201 e. The summed E-state index contributed by atoms with van der Waals surface area (Å²) in [5.74, 6) is 0.840. The Kier molecular flexibility index (Phi) is 2.42. The van der Waals surface area contributed by atoms with Crippen LogP contribution in [0.2, 0.25) is 0 Å². The Morgan fingerprint density at radius 1 is 1.24 bits per heavy atom. The molecule has 90 valence electrons. The van der Waals surface area contributed by atoms with Crippen molar-refractivity contribution in [1.82, 2.24) is 9.55 Å². The summed E-state index contributed by atoms with van der Waals surface area (Å²) in [5.41, 5.74) is 7.82. The van der Waals surface area contributed by atoms with Gasteiger partial charge in [0.2, 0.25) is 5.95 Å². The van der Waals surface area contributed by atoms with Crippen molar-refractivity contribution in [3.8, 4) is 5.75 Å². The average Bonchev–Trinajstić information content (AvgIpc) is 2.65.